The number of hydrogen-bond acceptors (Lipinski definition) is 3. The summed E-state index contributed by atoms with van der Waals surface area (Å²) < 4.78 is 4.36. The monoisotopic (exact) mass is 511 g/mol. The second-order valence-corrected chi connectivity index (χ2v) is 10.1. The quantitative estimate of drug-likeness (QED) is 0.219. The van der Waals surface area contributed by atoms with Gasteiger partial charge in [-0.25, -0.2) is 15.0 Å². The molecule has 0 aliphatic carbocycles. The molecule has 0 saturated heterocycles. The maximum Gasteiger partial charge on any atom is 0.235 e. The maximum absolute atomic E-state index is 5.31. The minimum atomic E-state index is 0.633. The molecule has 5 aromatic carbocycles. The largest absolute Gasteiger partial charge is 0.298 e. The number of fused-ring (bicyclic) bond motifs is 10. The predicted octanol–water partition coefficient (Wildman–Crippen LogP) is 8.35. The predicted molar refractivity (Wildman–Crippen MR) is 163 cm³/mol. The molecule has 0 aliphatic rings. The van der Waals surface area contributed by atoms with Gasteiger partial charge in [-0.1, -0.05) is 91.0 Å². The highest BCUT2D eigenvalue weighted by Gasteiger charge is 2.21. The topological polar surface area (TPSA) is 48.0 Å². The highest BCUT2D eigenvalue weighted by atomic mass is 15.2. The van der Waals surface area contributed by atoms with Gasteiger partial charge in [-0.2, -0.15) is 0 Å². The Kier molecular flexibility index (Phi) is 4.27. The molecule has 0 bridgehead atoms. The standard InChI is InChI=1S/C35H21N5/c1-2-11-23(12-3-1)31-27-19-18-22-10-4-5-13-24(22)32(27)38-35(37-31)40-29-16-8-6-14-25(29)26-20-21-39-30-17-9-7-15-28(30)36-34(39)33(26)40/h1-21H. The van der Waals surface area contributed by atoms with Crippen molar-refractivity contribution in [1.29, 1.82) is 0 Å². The van der Waals surface area contributed by atoms with Gasteiger partial charge < -0.3 is 0 Å². The van der Waals surface area contributed by atoms with E-state index in [1.54, 1.807) is 0 Å². The molecule has 0 amide bonds. The van der Waals surface area contributed by atoms with E-state index in [1.165, 1.54) is 0 Å². The SMILES string of the molecule is c1ccc(-c2nc(-n3c4ccccc4c4ccn5c6ccccc6nc5c43)nc3c2ccc2ccccc23)cc1. The summed E-state index contributed by atoms with van der Waals surface area (Å²) in [4.78, 5) is 15.7. The highest BCUT2D eigenvalue weighted by molar-refractivity contribution is 6.14. The van der Waals surface area contributed by atoms with Gasteiger partial charge in [0.2, 0.25) is 5.95 Å². The summed E-state index contributed by atoms with van der Waals surface area (Å²) in [5, 5.41) is 5.57. The zero-order valence-electron chi connectivity index (χ0n) is 21.4. The van der Waals surface area contributed by atoms with Gasteiger partial charge in [0, 0.05) is 33.3 Å². The lowest BCUT2D eigenvalue weighted by atomic mass is 10.0. The third kappa shape index (κ3) is 2.89. The fourth-order valence-electron chi connectivity index (χ4n) is 6.14. The number of imidazole rings is 1. The third-order valence-corrected chi connectivity index (χ3v) is 7.94. The van der Waals surface area contributed by atoms with E-state index in [0.717, 1.165) is 71.4 Å². The van der Waals surface area contributed by atoms with Crippen molar-refractivity contribution in [1.82, 2.24) is 23.9 Å². The van der Waals surface area contributed by atoms with Crippen molar-refractivity contribution in [3.05, 3.63) is 128 Å². The van der Waals surface area contributed by atoms with Crippen molar-refractivity contribution in [2.75, 3.05) is 0 Å². The summed E-state index contributed by atoms with van der Waals surface area (Å²) >= 11 is 0. The average Bonchev–Trinajstić information content (AvgIpc) is 3.57. The van der Waals surface area contributed by atoms with Gasteiger partial charge in [-0.3, -0.25) is 8.97 Å². The molecule has 9 aromatic rings. The van der Waals surface area contributed by atoms with Crippen LogP contribution in [0, 0.1) is 0 Å². The Labute approximate surface area is 228 Å². The van der Waals surface area contributed by atoms with E-state index in [4.69, 9.17) is 15.0 Å². The number of aromatic nitrogens is 5. The van der Waals surface area contributed by atoms with E-state index in [1.807, 2.05) is 12.1 Å². The summed E-state index contributed by atoms with van der Waals surface area (Å²) in [5.74, 6) is 0.633. The Balaban J connectivity index is 1.50. The van der Waals surface area contributed by atoms with E-state index >= 15 is 0 Å². The van der Waals surface area contributed by atoms with Crippen LogP contribution in [0.1, 0.15) is 0 Å². The van der Waals surface area contributed by atoms with Crippen LogP contribution < -0.4 is 0 Å². The van der Waals surface area contributed by atoms with Gasteiger partial charge in [0.05, 0.1) is 27.8 Å². The van der Waals surface area contributed by atoms with Crippen LogP contribution in [0.4, 0.5) is 0 Å². The molecule has 0 N–H and O–H groups in total. The van der Waals surface area contributed by atoms with Gasteiger partial charge in [-0.05, 0) is 35.7 Å². The summed E-state index contributed by atoms with van der Waals surface area (Å²) in [6.07, 6.45) is 2.12. The minimum absolute atomic E-state index is 0.633. The first-order chi connectivity index (χ1) is 19.8. The highest BCUT2D eigenvalue weighted by Crippen LogP contribution is 2.37. The number of hydrogen-bond donors (Lipinski definition) is 0. The van der Waals surface area contributed by atoms with Crippen molar-refractivity contribution in [2.24, 2.45) is 0 Å². The molecule has 0 atom stereocenters. The Morgan fingerprint density at radius 3 is 2.15 bits per heavy atom. The van der Waals surface area contributed by atoms with Gasteiger partial charge in [0.1, 0.15) is 5.52 Å². The molecule has 4 aromatic heterocycles. The summed E-state index contributed by atoms with van der Waals surface area (Å²) in [6, 6.07) is 42.1. The lowest BCUT2D eigenvalue weighted by Crippen LogP contribution is -2.04. The Morgan fingerprint density at radius 1 is 0.500 bits per heavy atom. The first-order valence-corrected chi connectivity index (χ1v) is 13.4. The molecule has 5 nitrogen and oxygen atoms in total. The van der Waals surface area contributed by atoms with Crippen LogP contribution in [0.25, 0.3) is 77.4 Å². The lowest BCUT2D eigenvalue weighted by molar-refractivity contribution is 1.01. The molecule has 0 radical (unpaired) electrons. The smallest absolute Gasteiger partial charge is 0.235 e. The van der Waals surface area contributed by atoms with Crippen LogP contribution in [-0.2, 0) is 0 Å². The van der Waals surface area contributed by atoms with Crippen LogP contribution in [0.2, 0.25) is 0 Å². The Bertz CT molecular complexity index is 2430. The van der Waals surface area contributed by atoms with E-state index in [9.17, 15) is 0 Å². The maximum atomic E-state index is 5.31. The fourth-order valence-corrected chi connectivity index (χ4v) is 6.14. The fraction of sp³-hybridized carbons (Fsp3) is 0. The van der Waals surface area contributed by atoms with Crippen LogP contribution in [0.5, 0.6) is 0 Å². The van der Waals surface area contributed by atoms with Crippen molar-refractivity contribution in [3.63, 3.8) is 0 Å². The van der Waals surface area contributed by atoms with Gasteiger partial charge in [0.15, 0.2) is 5.65 Å². The molecule has 0 fully saturated rings. The van der Waals surface area contributed by atoms with E-state index < -0.39 is 0 Å². The first-order valence-electron chi connectivity index (χ1n) is 13.4. The molecule has 5 heteroatoms. The molecule has 4 heterocycles. The van der Waals surface area contributed by atoms with Crippen molar-refractivity contribution in [3.8, 4) is 17.2 Å². The van der Waals surface area contributed by atoms with Crippen LogP contribution >= 0.6 is 0 Å². The zero-order chi connectivity index (χ0) is 26.2. The van der Waals surface area contributed by atoms with Gasteiger partial charge in [-0.15, -0.1) is 0 Å². The second kappa shape index (κ2) is 7.98. The van der Waals surface area contributed by atoms with E-state index in [2.05, 4.69) is 124 Å². The summed E-state index contributed by atoms with van der Waals surface area (Å²) in [6.45, 7) is 0. The summed E-state index contributed by atoms with van der Waals surface area (Å²) in [7, 11) is 0. The number of rotatable bonds is 2. The normalized spacial score (nSPS) is 12.0. The molecule has 0 saturated carbocycles. The number of pyridine rings is 1. The number of benzene rings is 5. The van der Waals surface area contributed by atoms with E-state index in [-0.39, 0.29) is 0 Å². The molecule has 186 valence electrons. The molecule has 9 rings (SSSR count). The van der Waals surface area contributed by atoms with Crippen molar-refractivity contribution >= 4 is 60.2 Å². The van der Waals surface area contributed by atoms with Gasteiger partial charge >= 0.3 is 0 Å². The first kappa shape index (κ1) is 21.4. The molecular formula is C35H21N5. The van der Waals surface area contributed by atoms with Crippen molar-refractivity contribution < 1.29 is 0 Å². The molecule has 40 heavy (non-hydrogen) atoms. The zero-order valence-corrected chi connectivity index (χ0v) is 21.4. The van der Waals surface area contributed by atoms with Crippen molar-refractivity contribution in [2.45, 2.75) is 0 Å². The third-order valence-electron chi connectivity index (χ3n) is 7.94. The Morgan fingerprint density at radius 2 is 1.25 bits per heavy atom. The second-order valence-electron chi connectivity index (χ2n) is 10.1. The molecule has 0 spiro atoms. The van der Waals surface area contributed by atoms with Crippen LogP contribution in [-0.4, -0.2) is 23.9 Å². The van der Waals surface area contributed by atoms with E-state index in [0.29, 0.717) is 5.95 Å². The lowest BCUT2D eigenvalue weighted by Gasteiger charge is -2.13. The number of para-hydroxylation sites is 3. The number of nitrogens with zero attached hydrogens (tertiary/aromatic N) is 5. The molecule has 0 aliphatic heterocycles. The average molecular weight is 512 g/mol. The van der Waals surface area contributed by atoms with Crippen LogP contribution in [0.3, 0.4) is 0 Å². The summed E-state index contributed by atoms with van der Waals surface area (Å²) in [5.41, 5.74) is 7.89. The molecular weight excluding hydrogens is 490 g/mol. The van der Waals surface area contributed by atoms with Crippen LogP contribution in [0.15, 0.2) is 128 Å². The van der Waals surface area contributed by atoms with Gasteiger partial charge in [0.25, 0.3) is 0 Å². The molecule has 0 unspecified atom stereocenters. The minimum Gasteiger partial charge on any atom is -0.298 e. The Hall–Kier alpha value is -5.55.